The molecule has 188 valence electrons. The van der Waals surface area contributed by atoms with Crippen molar-refractivity contribution in [2.24, 2.45) is 0 Å². The summed E-state index contributed by atoms with van der Waals surface area (Å²) in [7, 11) is 0. The predicted octanol–water partition coefficient (Wildman–Crippen LogP) is 3.81. The largest absolute Gasteiger partial charge is 0.433 e. The molecule has 2 aromatic heterocycles. The Kier molecular flexibility index (Phi) is 6.60. The van der Waals surface area contributed by atoms with Crippen LogP contribution in [0.4, 0.5) is 10.1 Å². The highest BCUT2D eigenvalue weighted by Crippen LogP contribution is 2.19. The number of hydrogen-bond acceptors (Lipinski definition) is 7. The fourth-order valence-electron chi connectivity index (χ4n) is 3.78. The first-order chi connectivity index (χ1) is 18.4. The molecule has 0 radical (unpaired) electrons. The average Bonchev–Trinajstić information content (AvgIpc) is 3.36. The van der Waals surface area contributed by atoms with Gasteiger partial charge in [0.25, 0.3) is 17.2 Å². The summed E-state index contributed by atoms with van der Waals surface area (Å²) in [4.78, 5) is 47.8. The number of para-hydroxylation sites is 2. The number of amides is 1. The summed E-state index contributed by atoms with van der Waals surface area (Å²) in [5, 5.41) is 2.58. The molecule has 3 N–H and O–H groups in total. The number of nitrogens with two attached hydrogens (primary N) is 1. The fourth-order valence-corrected chi connectivity index (χ4v) is 3.78. The Hall–Kier alpha value is -5.38. The number of halogens is 1. The lowest BCUT2D eigenvalue weighted by molar-refractivity contribution is -0.120. The standard InChI is InChI=1S/C28H20FN5O4/c29-19-12-10-18(11-13-19)26-31-15-20(30)28(37)34(26)16-24(35)32-22(14-17-6-2-1-3-7-17)25(36)27-33-21-8-4-5-9-23(21)38-27/h1-15H,16,30H2,(H,32,35). The number of ketones is 1. The van der Waals surface area contributed by atoms with Gasteiger partial charge in [-0.2, -0.15) is 0 Å². The van der Waals surface area contributed by atoms with Crippen molar-refractivity contribution in [2.45, 2.75) is 6.54 Å². The molecule has 0 aliphatic heterocycles. The van der Waals surface area contributed by atoms with Gasteiger partial charge in [0.1, 0.15) is 29.4 Å². The van der Waals surface area contributed by atoms with E-state index in [-0.39, 0.29) is 23.1 Å². The first-order valence-electron chi connectivity index (χ1n) is 11.5. The number of nitrogen functional groups attached to an aromatic ring is 1. The van der Waals surface area contributed by atoms with E-state index in [1.807, 2.05) is 6.07 Å². The van der Waals surface area contributed by atoms with Crippen molar-refractivity contribution in [3.05, 3.63) is 118 Å². The van der Waals surface area contributed by atoms with Crippen LogP contribution >= 0.6 is 0 Å². The predicted molar refractivity (Wildman–Crippen MR) is 139 cm³/mol. The molecule has 3 aromatic carbocycles. The minimum atomic E-state index is -0.700. The van der Waals surface area contributed by atoms with Gasteiger partial charge in [0.2, 0.25) is 5.91 Å². The van der Waals surface area contributed by atoms with E-state index in [0.29, 0.717) is 22.2 Å². The number of nitrogens with zero attached hydrogens (tertiary/aromatic N) is 3. The van der Waals surface area contributed by atoms with Gasteiger partial charge in [-0.25, -0.2) is 14.4 Å². The molecule has 1 amide bonds. The van der Waals surface area contributed by atoms with E-state index >= 15 is 0 Å². The van der Waals surface area contributed by atoms with Crippen molar-refractivity contribution < 1.29 is 18.4 Å². The zero-order chi connectivity index (χ0) is 26.6. The Morgan fingerprint density at radius 3 is 2.45 bits per heavy atom. The van der Waals surface area contributed by atoms with Gasteiger partial charge in [-0.15, -0.1) is 0 Å². The van der Waals surface area contributed by atoms with E-state index in [1.54, 1.807) is 48.5 Å². The third kappa shape index (κ3) is 5.09. The molecule has 0 atom stereocenters. The van der Waals surface area contributed by atoms with Crippen LogP contribution in [-0.2, 0) is 11.3 Å². The Morgan fingerprint density at radius 2 is 1.71 bits per heavy atom. The van der Waals surface area contributed by atoms with Crippen LogP contribution in [0, 0.1) is 5.82 Å². The smallest absolute Gasteiger partial charge is 0.277 e. The highest BCUT2D eigenvalue weighted by Gasteiger charge is 2.22. The number of aromatic nitrogens is 3. The highest BCUT2D eigenvalue weighted by molar-refractivity contribution is 6.11. The lowest BCUT2D eigenvalue weighted by Gasteiger charge is -2.14. The molecule has 5 aromatic rings. The molecular weight excluding hydrogens is 489 g/mol. The van der Waals surface area contributed by atoms with Crippen molar-refractivity contribution in [1.82, 2.24) is 19.9 Å². The van der Waals surface area contributed by atoms with Crippen molar-refractivity contribution in [1.29, 1.82) is 0 Å². The Bertz CT molecular complexity index is 1710. The number of benzene rings is 3. The molecule has 0 aliphatic rings. The SMILES string of the molecule is Nc1cnc(-c2ccc(F)cc2)n(CC(=O)NC(=Cc2ccccc2)C(=O)c2nc3ccccc3o2)c1=O. The number of rotatable bonds is 7. The molecule has 0 spiro atoms. The first-order valence-corrected chi connectivity index (χ1v) is 11.5. The van der Waals surface area contributed by atoms with Crippen molar-refractivity contribution in [2.75, 3.05) is 5.73 Å². The molecule has 0 saturated carbocycles. The molecule has 0 unspecified atom stereocenters. The summed E-state index contributed by atoms with van der Waals surface area (Å²) in [6, 6.07) is 21.0. The van der Waals surface area contributed by atoms with Crippen LogP contribution in [0.1, 0.15) is 16.2 Å². The van der Waals surface area contributed by atoms with Crippen molar-refractivity contribution in [3.8, 4) is 11.4 Å². The number of nitrogens with one attached hydrogen (secondary N) is 1. The molecule has 38 heavy (non-hydrogen) atoms. The van der Waals surface area contributed by atoms with E-state index in [0.717, 1.165) is 4.57 Å². The Morgan fingerprint density at radius 1 is 1.00 bits per heavy atom. The normalized spacial score (nSPS) is 11.4. The van der Waals surface area contributed by atoms with Crippen molar-refractivity contribution in [3.63, 3.8) is 0 Å². The second-order valence-corrected chi connectivity index (χ2v) is 8.27. The van der Waals surface area contributed by atoms with Crippen LogP contribution in [-0.4, -0.2) is 26.2 Å². The second-order valence-electron chi connectivity index (χ2n) is 8.27. The average molecular weight is 509 g/mol. The first kappa shape index (κ1) is 24.3. The van der Waals surface area contributed by atoms with Crippen LogP contribution in [0.15, 0.2) is 100.0 Å². The van der Waals surface area contributed by atoms with Gasteiger partial charge in [0, 0.05) is 5.56 Å². The van der Waals surface area contributed by atoms with Gasteiger partial charge < -0.3 is 15.5 Å². The van der Waals surface area contributed by atoms with Gasteiger partial charge >= 0.3 is 0 Å². The topological polar surface area (TPSA) is 133 Å². The maximum absolute atomic E-state index is 13.4. The minimum Gasteiger partial charge on any atom is -0.433 e. The molecule has 0 saturated heterocycles. The molecule has 2 heterocycles. The number of fused-ring (bicyclic) bond motifs is 1. The maximum Gasteiger partial charge on any atom is 0.277 e. The summed E-state index contributed by atoms with van der Waals surface area (Å²) in [6.45, 7) is -0.517. The maximum atomic E-state index is 13.4. The van der Waals surface area contributed by atoms with Gasteiger partial charge in [-0.05, 0) is 48.0 Å². The van der Waals surface area contributed by atoms with E-state index in [1.165, 1.54) is 36.5 Å². The molecule has 9 nitrogen and oxygen atoms in total. The third-order valence-electron chi connectivity index (χ3n) is 5.60. The molecule has 10 heteroatoms. The lowest BCUT2D eigenvalue weighted by Crippen LogP contribution is -2.35. The summed E-state index contributed by atoms with van der Waals surface area (Å²) in [5.41, 5.74) is 6.76. The summed E-state index contributed by atoms with van der Waals surface area (Å²) in [5.74, 6) is -1.92. The van der Waals surface area contributed by atoms with E-state index < -0.39 is 29.6 Å². The molecule has 0 aliphatic carbocycles. The number of carbonyl (C=O) groups excluding carboxylic acids is 2. The fraction of sp³-hybridized carbons (Fsp3) is 0.0357. The number of oxazole rings is 1. The molecule has 0 bridgehead atoms. The van der Waals surface area contributed by atoms with Gasteiger partial charge in [0.05, 0.1) is 11.9 Å². The minimum absolute atomic E-state index is 0.109. The quantitative estimate of drug-likeness (QED) is 0.252. The highest BCUT2D eigenvalue weighted by atomic mass is 19.1. The zero-order valence-corrected chi connectivity index (χ0v) is 19.8. The molecule has 0 fully saturated rings. The summed E-state index contributed by atoms with van der Waals surface area (Å²) < 4.78 is 20.1. The van der Waals surface area contributed by atoms with Crippen molar-refractivity contribution >= 4 is 34.6 Å². The van der Waals surface area contributed by atoms with Gasteiger partial charge in [0.15, 0.2) is 5.58 Å². The Balaban J connectivity index is 1.49. The number of hydrogen-bond donors (Lipinski definition) is 2. The number of carbonyl (C=O) groups is 2. The van der Waals surface area contributed by atoms with E-state index in [4.69, 9.17) is 10.2 Å². The molecule has 5 rings (SSSR count). The molecular formula is C28H20FN5O4. The number of Topliss-reactive ketones (excluding diaryl/α,β-unsaturated/α-hetero) is 1. The van der Waals surface area contributed by atoms with E-state index in [9.17, 15) is 18.8 Å². The van der Waals surface area contributed by atoms with Gasteiger partial charge in [-0.1, -0.05) is 42.5 Å². The van der Waals surface area contributed by atoms with E-state index in [2.05, 4.69) is 15.3 Å². The van der Waals surface area contributed by atoms with Crippen LogP contribution in [0.5, 0.6) is 0 Å². The summed E-state index contributed by atoms with van der Waals surface area (Å²) >= 11 is 0. The zero-order valence-electron chi connectivity index (χ0n) is 19.8. The Labute approximate surface area is 215 Å². The van der Waals surface area contributed by atoms with Gasteiger partial charge in [-0.3, -0.25) is 19.0 Å². The van der Waals surface area contributed by atoms with Crippen LogP contribution in [0.3, 0.4) is 0 Å². The second kappa shape index (κ2) is 10.3. The van der Waals surface area contributed by atoms with Crippen LogP contribution in [0.2, 0.25) is 0 Å². The summed E-state index contributed by atoms with van der Waals surface area (Å²) in [6.07, 6.45) is 2.66. The number of allylic oxidation sites excluding steroid dienone is 1. The van der Waals surface area contributed by atoms with Crippen LogP contribution in [0.25, 0.3) is 28.6 Å². The van der Waals surface area contributed by atoms with Crippen LogP contribution < -0.4 is 16.6 Å². The number of anilines is 1. The third-order valence-corrected chi connectivity index (χ3v) is 5.60. The lowest BCUT2D eigenvalue weighted by atomic mass is 10.1. The monoisotopic (exact) mass is 509 g/mol.